The molecule has 51 heavy (non-hydrogen) atoms. The van der Waals surface area contributed by atoms with Crippen LogP contribution in [0.2, 0.25) is 0 Å². The third-order valence-electron chi connectivity index (χ3n) is 9.97. The summed E-state index contributed by atoms with van der Waals surface area (Å²) in [6, 6.07) is 0. The van der Waals surface area contributed by atoms with Crippen LogP contribution >= 0.6 is 0 Å². The van der Waals surface area contributed by atoms with Gasteiger partial charge in [0.1, 0.15) is 6.10 Å². The summed E-state index contributed by atoms with van der Waals surface area (Å²) in [6.07, 6.45) is 56.4. The summed E-state index contributed by atoms with van der Waals surface area (Å²) in [7, 11) is 0. The van der Waals surface area contributed by atoms with Crippen LogP contribution in [0.5, 0.6) is 0 Å². The van der Waals surface area contributed by atoms with E-state index in [0.717, 1.165) is 32.1 Å². The van der Waals surface area contributed by atoms with E-state index in [1.54, 1.807) is 0 Å². The van der Waals surface area contributed by atoms with Crippen LogP contribution in [0.3, 0.4) is 0 Å². The summed E-state index contributed by atoms with van der Waals surface area (Å²) in [5, 5.41) is 9.61. The normalized spacial score (nSPS) is 12.6. The third-order valence-corrected chi connectivity index (χ3v) is 9.97. The van der Waals surface area contributed by atoms with Crippen LogP contribution in [0, 0.1) is 0 Å². The second-order valence-corrected chi connectivity index (χ2v) is 15.1. The SMILES string of the molecule is CCCCCCC/C=C\C/C=C\C/C=C\CCCCCCCCCOCC(CO)OC(=O)CCCCCCCCCCCCCCCCCCC. The van der Waals surface area contributed by atoms with Gasteiger partial charge in [0.25, 0.3) is 0 Å². The standard InChI is InChI=1S/C47H88O4/c1-3-5-7-9-11-13-15-17-19-21-22-23-24-25-27-29-31-33-35-37-39-41-43-50-45-46(44-48)51-47(49)42-40-38-36-34-32-30-28-26-20-18-16-14-12-10-8-6-4-2/h15,17,21-22,24-25,46,48H,3-14,16,18-20,23,26-45H2,1-2H3/b17-15-,22-21-,25-24-. The zero-order chi connectivity index (χ0) is 37.0. The number of aliphatic hydroxyl groups is 1. The Hall–Kier alpha value is -1.39. The fourth-order valence-electron chi connectivity index (χ4n) is 6.57. The second-order valence-electron chi connectivity index (χ2n) is 15.1. The van der Waals surface area contributed by atoms with Gasteiger partial charge in [0.05, 0.1) is 13.2 Å². The molecule has 4 heteroatoms. The number of hydrogen-bond donors (Lipinski definition) is 1. The highest BCUT2D eigenvalue weighted by Crippen LogP contribution is 2.15. The first-order chi connectivity index (χ1) is 25.2. The van der Waals surface area contributed by atoms with Gasteiger partial charge in [-0.05, 0) is 51.4 Å². The lowest BCUT2D eigenvalue weighted by Crippen LogP contribution is -2.27. The molecule has 0 radical (unpaired) electrons. The summed E-state index contributed by atoms with van der Waals surface area (Å²) in [6.45, 7) is 5.34. The van der Waals surface area contributed by atoms with Crippen LogP contribution in [0.15, 0.2) is 36.5 Å². The van der Waals surface area contributed by atoms with Crippen LogP contribution in [0.1, 0.15) is 232 Å². The number of esters is 1. The van der Waals surface area contributed by atoms with Gasteiger partial charge in [-0.2, -0.15) is 0 Å². The Kier molecular flexibility index (Phi) is 43.5. The van der Waals surface area contributed by atoms with Gasteiger partial charge in [-0.1, -0.05) is 211 Å². The maximum atomic E-state index is 12.2. The van der Waals surface area contributed by atoms with Crippen molar-refractivity contribution >= 4 is 5.97 Å². The zero-order valence-electron chi connectivity index (χ0n) is 34.4. The van der Waals surface area contributed by atoms with E-state index in [9.17, 15) is 9.90 Å². The van der Waals surface area contributed by atoms with Crippen molar-refractivity contribution in [2.24, 2.45) is 0 Å². The molecule has 0 saturated carbocycles. The second kappa shape index (κ2) is 44.8. The molecular formula is C47H88O4. The highest BCUT2D eigenvalue weighted by Gasteiger charge is 2.13. The Labute approximate surface area is 319 Å². The van der Waals surface area contributed by atoms with Crippen molar-refractivity contribution < 1.29 is 19.4 Å². The van der Waals surface area contributed by atoms with E-state index in [0.29, 0.717) is 19.6 Å². The van der Waals surface area contributed by atoms with E-state index in [4.69, 9.17) is 9.47 Å². The molecule has 0 spiro atoms. The van der Waals surface area contributed by atoms with Gasteiger partial charge in [-0.3, -0.25) is 4.79 Å². The molecule has 0 bridgehead atoms. The Morgan fingerprint density at radius 1 is 0.471 bits per heavy atom. The summed E-state index contributed by atoms with van der Waals surface area (Å²) >= 11 is 0. The maximum Gasteiger partial charge on any atom is 0.306 e. The van der Waals surface area contributed by atoms with E-state index in [1.165, 1.54) is 180 Å². The fraction of sp³-hybridized carbons (Fsp3) is 0.851. The predicted molar refractivity (Wildman–Crippen MR) is 224 cm³/mol. The highest BCUT2D eigenvalue weighted by molar-refractivity contribution is 5.69. The van der Waals surface area contributed by atoms with Gasteiger partial charge in [-0.15, -0.1) is 0 Å². The molecule has 0 amide bonds. The Bertz CT molecular complexity index is 757. The number of ether oxygens (including phenoxy) is 2. The van der Waals surface area contributed by atoms with Gasteiger partial charge in [0.15, 0.2) is 0 Å². The topological polar surface area (TPSA) is 55.8 Å². The van der Waals surface area contributed by atoms with E-state index in [-0.39, 0.29) is 12.6 Å². The van der Waals surface area contributed by atoms with Gasteiger partial charge >= 0.3 is 5.97 Å². The fourth-order valence-corrected chi connectivity index (χ4v) is 6.57. The quantitative estimate of drug-likeness (QED) is 0.0388. The molecule has 0 aromatic carbocycles. The van der Waals surface area contributed by atoms with E-state index < -0.39 is 6.10 Å². The van der Waals surface area contributed by atoms with Crippen molar-refractivity contribution in [3.8, 4) is 0 Å². The van der Waals surface area contributed by atoms with Crippen molar-refractivity contribution in [2.45, 2.75) is 238 Å². The molecule has 0 aromatic heterocycles. The van der Waals surface area contributed by atoms with Gasteiger partial charge in [0, 0.05) is 13.0 Å². The number of unbranched alkanes of at least 4 members (excludes halogenated alkanes) is 28. The molecule has 0 heterocycles. The van der Waals surface area contributed by atoms with Crippen LogP contribution in [0.25, 0.3) is 0 Å². The first kappa shape index (κ1) is 49.6. The number of carbonyl (C=O) groups excluding carboxylic acids is 1. The molecule has 0 aromatic rings. The molecule has 0 aliphatic heterocycles. The van der Waals surface area contributed by atoms with Crippen molar-refractivity contribution in [3.05, 3.63) is 36.5 Å². The molecule has 4 nitrogen and oxygen atoms in total. The monoisotopic (exact) mass is 717 g/mol. The minimum Gasteiger partial charge on any atom is -0.457 e. The van der Waals surface area contributed by atoms with Crippen LogP contribution in [-0.4, -0.2) is 37.0 Å². The molecule has 1 N–H and O–H groups in total. The lowest BCUT2D eigenvalue weighted by atomic mass is 10.0. The molecule has 0 aliphatic carbocycles. The molecule has 0 aliphatic rings. The summed E-state index contributed by atoms with van der Waals surface area (Å²) in [4.78, 5) is 12.2. The number of hydrogen-bond acceptors (Lipinski definition) is 4. The lowest BCUT2D eigenvalue weighted by Gasteiger charge is -2.16. The van der Waals surface area contributed by atoms with Gasteiger partial charge < -0.3 is 14.6 Å². The van der Waals surface area contributed by atoms with Gasteiger partial charge in [-0.25, -0.2) is 0 Å². The number of aliphatic hydroxyl groups excluding tert-OH is 1. The molecular weight excluding hydrogens is 629 g/mol. The maximum absolute atomic E-state index is 12.2. The first-order valence-corrected chi connectivity index (χ1v) is 22.6. The Morgan fingerprint density at radius 3 is 1.24 bits per heavy atom. The number of allylic oxidation sites excluding steroid dienone is 6. The van der Waals surface area contributed by atoms with E-state index in [1.807, 2.05) is 0 Å². The summed E-state index contributed by atoms with van der Waals surface area (Å²) < 4.78 is 11.2. The van der Waals surface area contributed by atoms with Crippen LogP contribution in [0.4, 0.5) is 0 Å². The number of carbonyl (C=O) groups is 1. The average molecular weight is 717 g/mol. The summed E-state index contributed by atoms with van der Waals surface area (Å²) in [5.74, 6) is -0.201. The molecule has 0 saturated heterocycles. The molecule has 1 unspecified atom stereocenters. The third kappa shape index (κ3) is 42.9. The molecule has 1 atom stereocenters. The zero-order valence-corrected chi connectivity index (χ0v) is 34.4. The summed E-state index contributed by atoms with van der Waals surface area (Å²) in [5.41, 5.74) is 0. The van der Waals surface area contributed by atoms with Crippen molar-refractivity contribution in [2.75, 3.05) is 19.8 Å². The smallest absolute Gasteiger partial charge is 0.306 e. The van der Waals surface area contributed by atoms with Gasteiger partial charge in [0.2, 0.25) is 0 Å². The highest BCUT2D eigenvalue weighted by atomic mass is 16.6. The van der Waals surface area contributed by atoms with Crippen molar-refractivity contribution in [1.29, 1.82) is 0 Å². The van der Waals surface area contributed by atoms with Crippen LogP contribution in [-0.2, 0) is 14.3 Å². The minimum atomic E-state index is -0.537. The van der Waals surface area contributed by atoms with E-state index in [2.05, 4.69) is 50.3 Å². The van der Waals surface area contributed by atoms with E-state index >= 15 is 0 Å². The first-order valence-electron chi connectivity index (χ1n) is 22.6. The minimum absolute atomic E-state index is 0.173. The van der Waals surface area contributed by atoms with Crippen molar-refractivity contribution in [3.63, 3.8) is 0 Å². The Balaban J connectivity index is 3.43. The van der Waals surface area contributed by atoms with Crippen molar-refractivity contribution in [1.82, 2.24) is 0 Å². The average Bonchev–Trinajstić information content (AvgIpc) is 3.14. The van der Waals surface area contributed by atoms with Crippen LogP contribution < -0.4 is 0 Å². The molecule has 0 rings (SSSR count). The number of rotatable bonds is 42. The molecule has 300 valence electrons. The largest absolute Gasteiger partial charge is 0.457 e. The predicted octanol–water partition coefficient (Wildman–Crippen LogP) is 14.9. The molecule has 0 fully saturated rings. The lowest BCUT2D eigenvalue weighted by molar-refractivity contribution is -0.154. The Morgan fingerprint density at radius 2 is 0.824 bits per heavy atom.